The van der Waals surface area contributed by atoms with Crippen LogP contribution < -0.4 is 5.32 Å². The van der Waals surface area contributed by atoms with Gasteiger partial charge in [-0.2, -0.15) is 0 Å². The second-order valence-electron chi connectivity index (χ2n) is 12.1. The molecule has 38 heavy (non-hydrogen) atoms. The number of amides is 1. The second-order valence-corrected chi connectivity index (χ2v) is 12.1. The first kappa shape index (κ1) is 29.9. The highest BCUT2D eigenvalue weighted by molar-refractivity contribution is 5.98. The third kappa shape index (κ3) is 5.98. The van der Waals surface area contributed by atoms with Gasteiger partial charge in [0.1, 0.15) is 5.54 Å². The average molecular weight is 522 g/mol. The summed E-state index contributed by atoms with van der Waals surface area (Å²) in [7, 11) is 0. The Morgan fingerprint density at radius 2 is 1.50 bits per heavy atom. The smallest absolute Gasteiger partial charge is 0.328 e. The number of aryl methyl sites for hydroxylation is 2. The maximum Gasteiger partial charge on any atom is 0.328 e. The molecule has 1 aliphatic rings. The van der Waals surface area contributed by atoms with Crippen LogP contribution in [0.2, 0.25) is 0 Å². The maximum absolute atomic E-state index is 12.9. The van der Waals surface area contributed by atoms with Gasteiger partial charge in [-0.1, -0.05) is 70.4 Å². The molecule has 1 amide bonds. The van der Waals surface area contributed by atoms with Crippen molar-refractivity contribution >= 4 is 11.9 Å². The summed E-state index contributed by atoms with van der Waals surface area (Å²) in [6.45, 7) is 13.7. The normalized spacial score (nSPS) is 16.6. The number of carboxylic acid groups (broad SMARTS) is 1. The highest BCUT2D eigenvalue weighted by Crippen LogP contribution is 2.41. The summed E-state index contributed by atoms with van der Waals surface area (Å²) in [6, 6.07) is 12.7. The number of nitrogens with one attached hydrogen (secondary N) is 1. The van der Waals surface area contributed by atoms with Gasteiger partial charge in [0.2, 0.25) is 0 Å². The van der Waals surface area contributed by atoms with E-state index in [9.17, 15) is 19.8 Å². The van der Waals surface area contributed by atoms with Crippen LogP contribution >= 0.6 is 0 Å². The lowest BCUT2D eigenvalue weighted by molar-refractivity contribution is -0.143. The molecule has 5 nitrogen and oxygen atoms in total. The van der Waals surface area contributed by atoms with Crippen molar-refractivity contribution < 1.29 is 19.8 Å². The van der Waals surface area contributed by atoms with E-state index in [0.717, 1.165) is 56.1 Å². The standard InChI is InChI=1S/C33H47NO4/c1-8-32(9-2,27-15-16-28(23(4)20-27)29(35)34-31(6,7)30(36)37)26-14-13-25(22(3)19-26)21-24(5)33(38)17-11-10-12-18-33/h13-16,19-20,24,38H,8-12,17-18,21H2,1-7H3,(H,34,35)(H,36,37). The van der Waals surface area contributed by atoms with E-state index in [0.29, 0.717) is 5.56 Å². The van der Waals surface area contributed by atoms with Gasteiger partial charge in [0, 0.05) is 11.0 Å². The Labute approximate surface area is 229 Å². The molecule has 0 bridgehead atoms. The lowest BCUT2D eigenvalue weighted by Crippen LogP contribution is -2.49. The molecule has 208 valence electrons. The molecule has 0 radical (unpaired) electrons. The van der Waals surface area contributed by atoms with Crippen molar-refractivity contribution in [1.82, 2.24) is 5.32 Å². The summed E-state index contributed by atoms with van der Waals surface area (Å²) >= 11 is 0. The van der Waals surface area contributed by atoms with Crippen LogP contribution in [-0.2, 0) is 16.6 Å². The fourth-order valence-electron chi connectivity index (χ4n) is 6.25. The van der Waals surface area contributed by atoms with Crippen LogP contribution in [0.1, 0.15) is 118 Å². The van der Waals surface area contributed by atoms with E-state index in [1.165, 1.54) is 37.0 Å². The largest absolute Gasteiger partial charge is 0.480 e. The molecule has 1 aliphatic carbocycles. The lowest BCUT2D eigenvalue weighted by atomic mass is 9.69. The number of aliphatic carboxylic acids is 1. The number of benzene rings is 2. The first-order chi connectivity index (χ1) is 17.8. The van der Waals surface area contributed by atoms with Crippen LogP contribution in [0, 0.1) is 19.8 Å². The van der Waals surface area contributed by atoms with E-state index in [1.54, 1.807) is 0 Å². The van der Waals surface area contributed by atoms with Crippen LogP contribution in [0.5, 0.6) is 0 Å². The van der Waals surface area contributed by atoms with E-state index in [-0.39, 0.29) is 17.2 Å². The van der Waals surface area contributed by atoms with Gasteiger partial charge >= 0.3 is 5.97 Å². The predicted octanol–water partition coefficient (Wildman–Crippen LogP) is 6.88. The zero-order chi connectivity index (χ0) is 28.3. The monoisotopic (exact) mass is 521 g/mol. The molecule has 0 spiro atoms. The third-order valence-corrected chi connectivity index (χ3v) is 9.25. The average Bonchev–Trinajstić information content (AvgIpc) is 2.86. The van der Waals surface area contributed by atoms with Crippen molar-refractivity contribution in [3.8, 4) is 0 Å². The fraction of sp³-hybridized carbons (Fsp3) is 0.576. The molecule has 1 atom stereocenters. The van der Waals surface area contributed by atoms with Crippen molar-refractivity contribution in [1.29, 1.82) is 0 Å². The molecule has 0 aliphatic heterocycles. The van der Waals surface area contributed by atoms with Gasteiger partial charge in [-0.15, -0.1) is 0 Å². The van der Waals surface area contributed by atoms with Gasteiger partial charge in [-0.25, -0.2) is 4.79 Å². The number of carbonyl (C=O) groups is 2. The molecule has 5 heteroatoms. The Bertz CT molecular complexity index is 1160. The number of carboxylic acids is 1. The van der Waals surface area contributed by atoms with Crippen LogP contribution in [0.4, 0.5) is 0 Å². The van der Waals surface area contributed by atoms with E-state index >= 15 is 0 Å². The zero-order valence-corrected chi connectivity index (χ0v) is 24.4. The Morgan fingerprint density at radius 3 is 2.00 bits per heavy atom. The quantitative estimate of drug-likeness (QED) is 0.318. The van der Waals surface area contributed by atoms with E-state index in [1.807, 2.05) is 19.1 Å². The summed E-state index contributed by atoms with van der Waals surface area (Å²) in [6.07, 6.45) is 7.97. The molecule has 3 N–H and O–H groups in total. The second kappa shape index (κ2) is 11.6. The number of hydrogen-bond acceptors (Lipinski definition) is 3. The van der Waals surface area contributed by atoms with Crippen molar-refractivity contribution in [2.24, 2.45) is 5.92 Å². The molecule has 1 saturated carbocycles. The number of rotatable bonds is 10. The topological polar surface area (TPSA) is 86.6 Å². The van der Waals surface area contributed by atoms with Crippen molar-refractivity contribution in [2.75, 3.05) is 0 Å². The molecular weight excluding hydrogens is 474 g/mol. The van der Waals surface area contributed by atoms with Crippen LogP contribution in [0.3, 0.4) is 0 Å². The molecule has 3 rings (SSSR count). The summed E-state index contributed by atoms with van der Waals surface area (Å²) in [4.78, 5) is 24.3. The molecule has 1 unspecified atom stereocenters. The van der Waals surface area contributed by atoms with Gasteiger partial charge in [0.05, 0.1) is 5.60 Å². The molecule has 1 fully saturated rings. The van der Waals surface area contributed by atoms with Gasteiger partial charge in [-0.05, 0) is 99.6 Å². The van der Waals surface area contributed by atoms with Crippen LogP contribution in [0.25, 0.3) is 0 Å². The van der Waals surface area contributed by atoms with Gasteiger partial charge < -0.3 is 15.5 Å². The molecule has 2 aromatic rings. The van der Waals surface area contributed by atoms with E-state index in [2.05, 4.69) is 57.3 Å². The summed E-state index contributed by atoms with van der Waals surface area (Å²) in [5.74, 6) is -1.23. The van der Waals surface area contributed by atoms with Crippen LogP contribution in [-0.4, -0.2) is 33.2 Å². The lowest BCUT2D eigenvalue weighted by Gasteiger charge is -2.38. The Kier molecular flexibility index (Phi) is 9.13. The maximum atomic E-state index is 12.9. The van der Waals surface area contributed by atoms with Crippen molar-refractivity contribution in [3.05, 3.63) is 69.8 Å². The van der Waals surface area contributed by atoms with E-state index in [4.69, 9.17) is 0 Å². The Balaban J connectivity index is 1.90. The molecule has 0 saturated heterocycles. The summed E-state index contributed by atoms with van der Waals surface area (Å²) in [5, 5.41) is 23.2. The first-order valence-corrected chi connectivity index (χ1v) is 14.3. The van der Waals surface area contributed by atoms with E-state index < -0.39 is 17.1 Å². The minimum Gasteiger partial charge on any atom is -0.480 e. The fourth-order valence-corrected chi connectivity index (χ4v) is 6.25. The Hall–Kier alpha value is -2.66. The van der Waals surface area contributed by atoms with Gasteiger partial charge in [-0.3, -0.25) is 4.79 Å². The summed E-state index contributed by atoms with van der Waals surface area (Å²) in [5.41, 5.74) is 4.20. The van der Waals surface area contributed by atoms with Gasteiger partial charge in [0.15, 0.2) is 0 Å². The molecule has 2 aromatic carbocycles. The number of carbonyl (C=O) groups excluding carboxylic acids is 1. The van der Waals surface area contributed by atoms with Crippen molar-refractivity contribution in [3.63, 3.8) is 0 Å². The number of hydrogen-bond donors (Lipinski definition) is 3. The Morgan fingerprint density at radius 1 is 0.947 bits per heavy atom. The minimum atomic E-state index is -1.35. The SMILES string of the molecule is CCC(CC)(c1ccc(CC(C)C2(O)CCCCC2)c(C)c1)c1ccc(C(=O)NC(C)(C)C(=O)O)c(C)c1. The van der Waals surface area contributed by atoms with Crippen LogP contribution in [0.15, 0.2) is 36.4 Å². The van der Waals surface area contributed by atoms with Crippen molar-refractivity contribution in [2.45, 2.75) is 116 Å². The highest BCUT2D eigenvalue weighted by atomic mass is 16.4. The van der Waals surface area contributed by atoms with Gasteiger partial charge in [0.25, 0.3) is 5.91 Å². The third-order valence-electron chi connectivity index (χ3n) is 9.25. The predicted molar refractivity (Wildman–Crippen MR) is 154 cm³/mol. The molecule has 0 heterocycles. The molecule has 0 aromatic heterocycles. The number of aliphatic hydroxyl groups is 1. The minimum absolute atomic E-state index is 0.198. The highest BCUT2D eigenvalue weighted by Gasteiger charge is 2.36. The zero-order valence-electron chi connectivity index (χ0n) is 24.4. The first-order valence-electron chi connectivity index (χ1n) is 14.3. The summed E-state index contributed by atoms with van der Waals surface area (Å²) < 4.78 is 0. The molecular formula is C33H47NO4.